The first-order valence-corrected chi connectivity index (χ1v) is 7.69. The largest absolute Gasteiger partial charge is 0.359 e. The van der Waals surface area contributed by atoms with Gasteiger partial charge in [-0.1, -0.05) is 18.6 Å². The number of rotatable bonds is 3. The third-order valence-electron chi connectivity index (χ3n) is 4.55. The Kier molecular flexibility index (Phi) is 3.88. The number of nitrogens with one attached hydrogen (secondary N) is 2. The summed E-state index contributed by atoms with van der Waals surface area (Å²) in [6.07, 6.45) is 5.86. The molecule has 0 amide bonds. The van der Waals surface area contributed by atoms with Crippen LogP contribution in [0.15, 0.2) is 24.3 Å². The number of hydrogen-bond donors (Lipinski definition) is 2. The van der Waals surface area contributed by atoms with Crippen LogP contribution in [-0.2, 0) is 6.42 Å². The Morgan fingerprint density at radius 3 is 2.65 bits per heavy atom. The first-order chi connectivity index (χ1) is 9.74. The van der Waals surface area contributed by atoms with Gasteiger partial charge in [0, 0.05) is 11.7 Å². The molecule has 2 bridgehead atoms. The molecule has 0 aliphatic heterocycles. The van der Waals surface area contributed by atoms with Crippen LogP contribution in [0.5, 0.6) is 0 Å². The van der Waals surface area contributed by atoms with Crippen molar-refractivity contribution in [1.29, 1.82) is 5.26 Å². The summed E-state index contributed by atoms with van der Waals surface area (Å²) in [5.74, 6) is 1.74. The monoisotopic (exact) mass is 285 g/mol. The molecule has 0 unspecified atom stereocenters. The molecule has 1 aromatic rings. The summed E-state index contributed by atoms with van der Waals surface area (Å²) in [4.78, 5) is 0. The van der Waals surface area contributed by atoms with Gasteiger partial charge in [-0.3, -0.25) is 0 Å². The molecule has 0 radical (unpaired) electrons. The quantitative estimate of drug-likeness (QED) is 0.837. The molecule has 3 atom stereocenters. The van der Waals surface area contributed by atoms with Gasteiger partial charge in [0.25, 0.3) is 0 Å². The number of hydrogen-bond acceptors (Lipinski definition) is 2. The average Bonchev–Trinajstić information content (AvgIpc) is 3.03. The van der Waals surface area contributed by atoms with Crippen molar-refractivity contribution < 1.29 is 0 Å². The van der Waals surface area contributed by atoms with Gasteiger partial charge in [0.05, 0.1) is 12.5 Å². The molecule has 0 heterocycles. The van der Waals surface area contributed by atoms with Gasteiger partial charge >= 0.3 is 0 Å². The van der Waals surface area contributed by atoms with E-state index in [0.29, 0.717) is 12.5 Å². The van der Waals surface area contributed by atoms with E-state index < -0.39 is 0 Å². The molecule has 3 rings (SSSR count). The molecule has 0 aromatic heterocycles. The molecular formula is C16H19N3S. The fourth-order valence-corrected chi connectivity index (χ4v) is 3.82. The first-order valence-electron chi connectivity index (χ1n) is 7.28. The fourth-order valence-electron chi connectivity index (χ4n) is 3.55. The molecule has 2 N–H and O–H groups in total. The zero-order valence-corrected chi connectivity index (χ0v) is 12.2. The van der Waals surface area contributed by atoms with E-state index in [2.05, 4.69) is 16.7 Å². The standard InChI is InChI=1S/C16H19N3S/c17-8-7-11-2-5-14(6-3-11)18-16(20)19-15-10-12-1-4-13(15)9-12/h2-3,5-6,12-13,15H,1,4,7,9-10H2,(H2,18,19,20)/t12-,13-,15+/m1/s1. The Morgan fingerprint density at radius 2 is 2.05 bits per heavy atom. The number of benzene rings is 1. The Balaban J connectivity index is 1.52. The van der Waals surface area contributed by atoms with Crippen molar-refractivity contribution in [3.05, 3.63) is 29.8 Å². The molecule has 3 nitrogen and oxygen atoms in total. The third-order valence-corrected chi connectivity index (χ3v) is 4.77. The lowest BCUT2D eigenvalue weighted by molar-refractivity contribution is 0.392. The molecule has 2 aliphatic rings. The average molecular weight is 285 g/mol. The van der Waals surface area contributed by atoms with Crippen LogP contribution < -0.4 is 10.6 Å². The van der Waals surface area contributed by atoms with Crippen LogP contribution in [0.2, 0.25) is 0 Å². The molecule has 2 aliphatic carbocycles. The van der Waals surface area contributed by atoms with Crippen LogP contribution in [0.4, 0.5) is 5.69 Å². The van der Waals surface area contributed by atoms with E-state index in [1.165, 1.54) is 25.7 Å². The maximum atomic E-state index is 8.65. The molecule has 104 valence electrons. The number of nitriles is 1. The van der Waals surface area contributed by atoms with Gasteiger partial charge in [0.1, 0.15) is 0 Å². The highest BCUT2D eigenvalue weighted by Gasteiger charge is 2.39. The Bertz CT molecular complexity index is 532. The normalized spacial score (nSPS) is 27.1. The zero-order valence-electron chi connectivity index (χ0n) is 11.4. The molecule has 20 heavy (non-hydrogen) atoms. The lowest BCUT2D eigenvalue weighted by Crippen LogP contribution is -2.40. The van der Waals surface area contributed by atoms with E-state index >= 15 is 0 Å². The Labute approximate surface area is 125 Å². The Hall–Kier alpha value is -1.60. The molecule has 0 saturated heterocycles. The summed E-state index contributed by atoms with van der Waals surface area (Å²) in [6, 6.07) is 10.6. The van der Waals surface area contributed by atoms with Crippen molar-refractivity contribution in [2.24, 2.45) is 11.8 Å². The SMILES string of the molecule is N#CCc1ccc(NC(=S)N[C@H]2C[C@@H]3CC[C@@H]2C3)cc1. The summed E-state index contributed by atoms with van der Waals surface area (Å²) in [5.41, 5.74) is 2.01. The van der Waals surface area contributed by atoms with E-state index in [-0.39, 0.29) is 0 Å². The second kappa shape index (κ2) is 5.80. The smallest absolute Gasteiger partial charge is 0.171 e. The summed E-state index contributed by atoms with van der Waals surface area (Å²) >= 11 is 5.40. The van der Waals surface area contributed by atoms with E-state index in [4.69, 9.17) is 17.5 Å². The Morgan fingerprint density at radius 1 is 1.25 bits per heavy atom. The van der Waals surface area contributed by atoms with Gasteiger partial charge in [-0.05, 0) is 61.0 Å². The van der Waals surface area contributed by atoms with Crippen LogP contribution >= 0.6 is 12.2 Å². The van der Waals surface area contributed by atoms with Crippen LogP contribution in [-0.4, -0.2) is 11.2 Å². The van der Waals surface area contributed by atoms with Gasteiger partial charge in [0.15, 0.2) is 5.11 Å². The molecule has 2 fully saturated rings. The van der Waals surface area contributed by atoms with E-state index in [1.807, 2.05) is 24.3 Å². The summed E-state index contributed by atoms with van der Waals surface area (Å²) in [5, 5.41) is 16.1. The molecular weight excluding hydrogens is 266 g/mol. The van der Waals surface area contributed by atoms with Crippen LogP contribution in [0.25, 0.3) is 0 Å². The fraction of sp³-hybridized carbons (Fsp3) is 0.500. The molecule has 0 spiro atoms. The predicted molar refractivity (Wildman–Crippen MR) is 84.4 cm³/mol. The van der Waals surface area contributed by atoms with Crippen LogP contribution in [0.3, 0.4) is 0 Å². The summed E-state index contributed by atoms with van der Waals surface area (Å²) in [6.45, 7) is 0. The maximum Gasteiger partial charge on any atom is 0.171 e. The summed E-state index contributed by atoms with van der Waals surface area (Å²) in [7, 11) is 0. The minimum Gasteiger partial charge on any atom is -0.359 e. The molecule has 1 aromatic carbocycles. The first kappa shape index (κ1) is 13.4. The predicted octanol–water partition coefficient (Wildman–Crippen LogP) is 3.23. The topological polar surface area (TPSA) is 47.9 Å². The van der Waals surface area contributed by atoms with Crippen molar-refractivity contribution in [3.8, 4) is 6.07 Å². The van der Waals surface area contributed by atoms with Gasteiger partial charge in [-0.15, -0.1) is 0 Å². The van der Waals surface area contributed by atoms with Crippen LogP contribution in [0.1, 0.15) is 31.2 Å². The number of fused-ring (bicyclic) bond motifs is 2. The van der Waals surface area contributed by atoms with Crippen molar-refractivity contribution in [2.75, 3.05) is 5.32 Å². The van der Waals surface area contributed by atoms with Crippen LogP contribution in [0, 0.1) is 23.2 Å². The van der Waals surface area contributed by atoms with Gasteiger partial charge in [0.2, 0.25) is 0 Å². The van der Waals surface area contributed by atoms with Crippen molar-refractivity contribution >= 4 is 23.0 Å². The minimum absolute atomic E-state index is 0.452. The van der Waals surface area contributed by atoms with Gasteiger partial charge in [-0.2, -0.15) is 5.26 Å². The zero-order chi connectivity index (χ0) is 13.9. The maximum absolute atomic E-state index is 8.65. The summed E-state index contributed by atoms with van der Waals surface area (Å²) < 4.78 is 0. The number of thiocarbonyl (C=S) groups is 1. The highest BCUT2D eigenvalue weighted by atomic mass is 32.1. The lowest BCUT2D eigenvalue weighted by atomic mass is 9.96. The van der Waals surface area contributed by atoms with Gasteiger partial charge in [-0.25, -0.2) is 0 Å². The van der Waals surface area contributed by atoms with Crippen molar-refractivity contribution in [2.45, 2.75) is 38.1 Å². The second-order valence-corrected chi connectivity index (χ2v) is 6.32. The molecule has 4 heteroatoms. The van der Waals surface area contributed by atoms with E-state index in [9.17, 15) is 0 Å². The second-order valence-electron chi connectivity index (χ2n) is 5.91. The molecule has 2 saturated carbocycles. The number of nitrogens with zero attached hydrogens (tertiary/aromatic N) is 1. The number of anilines is 1. The highest BCUT2D eigenvalue weighted by molar-refractivity contribution is 7.80. The third kappa shape index (κ3) is 2.94. The van der Waals surface area contributed by atoms with Gasteiger partial charge < -0.3 is 10.6 Å². The van der Waals surface area contributed by atoms with E-state index in [0.717, 1.165) is 28.2 Å². The van der Waals surface area contributed by atoms with Crippen molar-refractivity contribution in [1.82, 2.24) is 5.32 Å². The van der Waals surface area contributed by atoms with Crippen molar-refractivity contribution in [3.63, 3.8) is 0 Å². The lowest BCUT2D eigenvalue weighted by Gasteiger charge is -2.24. The highest BCUT2D eigenvalue weighted by Crippen LogP contribution is 2.44. The minimum atomic E-state index is 0.452. The van der Waals surface area contributed by atoms with E-state index in [1.54, 1.807) is 0 Å².